The minimum Gasteiger partial charge on any atom is -0.211 e. The Morgan fingerprint density at radius 1 is 1.14 bits per heavy atom. The number of benzene rings is 1. The zero-order valence-electron chi connectivity index (χ0n) is 7.80. The first-order valence-electron chi connectivity index (χ1n) is 4.60. The highest BCUT2D eigenvalue weighted by molar-refractivity contribution is 14.1. The first-order valence-corrected chi connectivity index (χ1v) is 6.13. The summed E-state index contributed by atoms with van der Waals surface area (Å²) >= 11 is 2.18. The zero-order valence-corrected chi connectivity index (χ0v) is 9.95. The molecule has 1 unspecified atom stereocenters. The van der Waals surface area contributed by atoms with Gasteiger partial charge in [-0.3, -0.25) is 0 Å². The van der Waals surface area contributed by atoms with Crippen LogP contribution in [0.2, 0.25) is 0 Å². The lowest BCUT2D eigenvalue weighted by molar-refractivity contribution is 0.119. The molecule has 1 aromatic rings. The van der Waals surface area contributed by atoms with E-state index in [0.717, 1.165) is 16.4 Å². The van der Waals surface area contributed by atoms with Gasteiger partial charge in [-0.15, -0.1) is 0 Å². The van der Waals surface area contributed by atoms with Crippen LogP contribution in [-0.2, 0) is 6.42 Å². The Labute approximate surface area is 96.8 Å². The summed E-state index contributed by atoms with van der Waals surface area (Å²) in [6, 6.07) is 9.81. The Balaban J connectivity index is 2.48. The Bertz CT molecular complexity index is 249. The van der Waals surface area contributed by atoms with Crippen molar-refractivity contribution in [1.29, 1.82) is 0 Å². The van der Waals surface area contributed by atoms with Gasteiger partial charge in [0, 0.05) is 10.8 Å². The lowest BCUT2D eigenvalue weighted by atomic mass is 9.98. The van der Waals surface area contributed by atoms with Crippen LogP contribution in [0, 0.1) is 5.92 Å². The van der Waals surface area contributed by atoms with Gasteiger partial charge >= 0.3 is 0 Å². The van der Waals surface area contributed by atoms with Crippen molar-refractivity contribution in [2.75, 3.05) is 4.43 Å². The summed E-state index contributed by atoms with van der Waals surface area (Å²) in [5.74, 6) is 0.0954. The third-order valence-electron chi connectivity index (χ3n) is 2.10. The molecular weight excluding hydrogens is 297 g/mol. The second kappa shape index (κ2) is 6.32. The predicted molar refractivity (Wildman–Crippen MR) is 63.1 cm³/mol. The van der Waals surface area contributed by atoms with Crippen molar-refractivity contribution in [3.8, 4) is 0 Å². The molecular formula is C11H13F2I. The average Bonchev–Trinajstić information content (AvgIpc) is 2.17. The molecule has 0 radical (unpaired) electrons. The molecule has 1 rings (SSSR count). The Morgan fingerprint density at radius 3 is 2.29 bits per heavy atom. The highest BCUT2D eigenvalue weighted by Crippen LogP contribution is 2.18. The molecule has 0 spiro atoms. The van der Waals surface area contributed by atoms with Gasteiger partial charge in [0.05, 0.1) is 0 Å². The standard InChI is InChI=1S/C11H13F2I/c12-11(13)7-10(8-14)6-9-4-2-1-3-5-9/h1-5,10-11H,6-8H2. The van der Waals surface area contributed by atoms with Crippen LogP contribution in [0.3, 0.4) is 0 Å². The minimum absolute atomic E-state index is 0.0117. The number of alkyl halides is 3. The lowest BCUT2D eigenvalue weighted by Gasteiger charge is -2.13. The van der Waals surface area contributed by atoms with E-state index in [9.17, 15) is 8.78 Å². The van der Waals surface area contributed by atoms with Crippen LogP contribution < -0.4 is 0 Å². The quantitative estimate of drug-likeness (QED) is 0.571. The van der Waals surface area contributed by atoms with Gasteiger partial charge in [0.15, 0.2) is 0 Å². The van der Waals surface area contributed by atoms with E-state index in [1.807, 2.05) is 30.3 Å². The van der Waals surface area contributed by atoms with E-state index in [-0.39, 0.29) is 12.3 Å². The van der Waals surface area contributed by atoms with Crippen molar-refractivity contribution in [2.45, 2.75) is 19.3 Å². The fraction of sp³-hybridized carbons (Fsp3) is 0.455. The first-order chi connectivity index (χ1) is 6.72. The van der Waals surface area contributed by atoms with Gasteiger partial charge in [0.2, 0.25) is 6.43 Å². The van der Waals surface area contributed by atoms with Crippen molar-refractivity contribution < 1.29 is 8.78 Å². The maximum atomic E-state index is 12.2. The summed E-state index contributed by atoms with van der Waals surface area (Å²) in [6.45, 7) is 0. The third-order valence-corrected chi connectivity index (χ3v) is 3.34. The highest BCUT2D eigenvalue weighted by Gasteiger charge is 2.14. The van der Waals surface area contributed by atoms with E-state index >= 15 is 0 Å². The SMILES string of the molecule is FC(F)CC(CI)Cc1ccccc1. The summed E-state index contributed by atoms with van der Waals surface area (Å²) in [7, 11) is 0. The molecule has 0 aliphatic carbocycles. The molecule has 0 saturated heterocycles. The van der Waals surface area contributed by atoms with Crippen molar-refractivity contribution in [1.82, 2.24) is 0 Å². The van der Waals surface area contributed by atoms with Gasteiger partial charge < -0.3 is 0 Å². The summed E-state index contributed by atoms with van der Waals surface area (Å²) in [5, 5.41) is 0. The Kier molecular flexibility index (Phi) is 5.37. The summed E-state index contributed by atoms with van der Waals surface area (Å²) in [4.78, 5) is 0. The molecule has 0 heterocycles. The van der Waals surface area contributed by atoms with E-state index in [1.165, 1.54) is 0 Å². The first kappa shape index (κ1) is 11.9. The van der Waals surface area contributed by atoms with Crippen molar-refractivity contribution >= 4 is 22.6 Å². The molecule has 0 N–H and O–H groups in total. The number of halogens is 3. The maximum Gasteiger partial charge on any atom is 0.238 e. The summed E-state index contributed by atoms with van der Waals surface area (Å²) in [6.07, 6.45) is -1.41. The maximum absolute atomic E-state index is 12.2. The van der Waals surface area contributed by atoms with E-state index in [0.29, 0.717) is 0 Å². The van der Waals surface area contributed by atoms with Crippen LogP contribution in [0.5, 0.6) is 0 Å². The van der Waals surface area contributed by atoms with Gasteiger partial charge in [-0.1, -0.05) is 52.9 Å². The second-order valence-electron chi connectivity index (χ2n) is 3.34. The predicted octanol–water partition coefficient (Wildman–Crippen LogP) is 3.94. The summed E-state index contributed by atoms with van der Waals surface area (Å²) in [5.41, 5.74) is 1.15. The van der Waals surface area contributed by atoms with Gasteiger partial charge in [0.25, 0.3) is 0 Å². The van der Waals surface area contributed by atoms with Crippen LogP contribution in [0.4, 0.5) is 8.78 Å². The van der Waals surface area contributed by atoms with E-state index < -0.39 is 6.43 Å². The fourth-order valence-corrected chi connectivity index (χ4v) is 2.07. The zero-order chi connectivity index (χ0) is 10.4. The minimum atomic E-state index is -2.18. The van der Waals surface area contributed by atoms with Crippen LogP contribution in [0.25, 0.3) is 0 Å². The van der Waals surface area contributed by atoms with Crippen LogP contribution in [0.15, 0.2) is 30.3 Å². The second-order valence-corrected chi connectivity index (χ2v) is 4.22. The van der Waals surface area contributed by atoms with Gasteiger partial charge in [-0.25, -0.2) is 8.78 Å². The van der Waals surface area contributed by atoms with Gasteiger partial charge in [0.1, 0.15) is 0 Å². The lowest BCUT2D eigenvalue weighted by Crippen LogP contribution is -2.10. The van der Waals surface area contributed by atoms with E-state index in [1.54, 1.807) is 0 Å². The normalized spacial score (nSPS) is 13.1. The third kappa shape index (κ3) is 4.35. The van der Waals surface area contributed by atoms with Crippen molar-refractivity contribution in [2.24, 2.45) is 5.92 Å². The van der Waals surface area contributed by atoms with Crippen LogP contribution in [-0.4, -0.2) is 10.9 Å². The molecule has 78 valence electrons. The molecule has 1 aromatic carbocycles. The molecule has 1 atom stereocenters. The molecule has 0 aromatic heterocycles. The number of rotatable bonds is 5. The average molecular weight is 310 g/mol. The molecule has 0 amide bonds. The molecule has 14 heavy (non-hydrogen) atoms. The molecule has 0 saturated carbocycles. The highest BCUT2D eigenvalue weighted by atomic mass is 127. The molecule has 0 nitrogen and oxygen atoms in total. The monoisotopic (exact) mass is 310 g/mol. The Hall–Kier alpha value is -0.190. The largest absolute Gasteiger partial charge is 0.238 e. The number of hydrogen-bond donors (Lipinski definition) is 0. The molecule has 0 fully saturated rings. The Morgan fingerprint density at radius 2 is 1.79 bits per heavy atom. The summed E-state index contributed by atoms with van der Waals surface area (Å²) < 4.78 is 25.1. The molecule has 3 heteroatoms. The van der Waals surface area contributed by atoms with E-state index in [4.69, 9.17) is 0 Å². The smallest absolute Gasteiger partial charge is 0.211 e. The van der Waals surface area contributed by atoms with E-state index in [2.05, 4.69) is 22.6 Å². The van der Waals surface area contributed by atoms with Gasteiger partial charge in [-0.2, -0.15) is 0 Å². The van der Waals surface area contributed by atoms with Gasteiger partial charge in [-0.05, 0) is 17.9 Å². The van der Waals surface area contributed by atoms with Crippen molar-refractivity contribution in [3.05, 3.63) is 35.9 Å². The fourth-order valence-electron chi connectivity index (χ4n) is 1.40. The molecule has 0 aliphatic heterocycles. The van der Waals surface area contributed by atoms with Crippen LogP contribution >= 0.6 is 22.6 Å². The van der Waals surface area contributed by atoms with Crippen molar-refractivity contribution in [3.63, 3.8) is 0 Å². The topological polar surface area (TPSA) is 0 Å². The molecule has 0 bridgehead atoms. The number of hydrogen-bond acceptors (Lipinski definition) is 0. The molecule has 0 aliphatic rings. The van der Waals surface area contributed by atoms with Crippen LogP contribution in [0.1, 0.15) is 12.0 Å².